The predicted octanol–water partition coefficient (Wildman–Crippen LogP) is 6.77. The second kappa shape index (κ2) is 21.0. The highest BCUT2D eigenvalue weighted by Gasteiger charge is 2.56. The van der Waals surface area contributed by atoms with E-state index in [0.29, 0.717) is 19.3 Å². The zero-order valence-corrected chi connectivity index (χ0v) is 35.5. The minimum Gasteiger partial charge on any atom is -0.458 e. The van der Waals surface area contributed by atoms with Crippen molar-refractivity contribution in [3.05, 3.63) is 36.5 Å². The summed E-state index contributed by atoms with van der Waals surface area (Å²) in [4.78, 5) is 40.4. The number of Topliss-reactive ketones (excluding diaryl/α,β-unsaturated/α-hetero) is 2. The molecule has 2 saturated heterocycles. The molecule has 4 N–H and O–H groups in total. The van der Waals surface area contributed by atoms with Gasteiger partial charge in [-0.05, 0) is 63.2 Å². The zero-order chi connectivity index (χ0) is 41.4. The van der Waals surface area contributed by atoms with E-state index in [1.807, 2.05) is 32.1 Å². The molecule has 55 heavy (non-hydrogen) atoms. The maximum absolute atomic E-state index is 13.5. The number of ether oxygens (including phenoxy) is 3. The highest BCUT2D eigenvalue weighted by Crippen LogP contribution is 2.49. The van der Waals surface area contributed by atoms with Gasteiger partial charge in [-0.25, -0.2) is 4.79 Å². The third-order valence-corrected chi connectivity index (χ3v) is 13.4. The molecule has 3 aliphatic heterocycles. The van der Waals surface area contributed by atoms with Crippen molar-refractivity contribution in [1.82, 2.24) is 0 Å². The molecule has 3 heterocycles. The summed E-state index contributed by atoms with van der Waals surface area (Å²) in [5.41, 5.74) is 0. The number of fused-ring (bicyclic) bond motifs is 2. The van der Waals surface area contributed by atoms with Crippen LogP contribution in [0.2, 0.25) is 0 Å². The number of carbonyl (C=O) groups excluding carboxylic acids is 3. The van der Waals surface area contributed by atoms with Crippen molar-refractivity contribution in [3.8, 4) is 0 Å². The lowest BCUT2D eigenvalue weighted by Gasteiger charge is -2.55. The van der Waals surface area contributed by atoms with Crippen LogP contribution in [-0.4, -0.2) is 86.5 Å². The third-order valence-electron chi connectivity index (χ3n) is 13.4. The summed E-state index contributed by atoms with van der Waals surface area (Å²) >= 11 is 0. The Bertz CT molecular complexity index is 1340. The van der Waals surface area contributed by atoms with Crippen LogP contribution in [0.4, 0.5) is 0 Å². The van der Waals surface area contributed by atoms with E-state index in [9.17, 15) is 34.8 Å². The van der Waals surface area contributed by atoms with Crippen LogP contribution in [0, 0.1) is 59.2 Å². The van der Waals surface area contributed by atoms with Crippen LogP contribution in [0.5, 0.6) is 0 Å². The molecule has 0 amide bonds. The molecule has 0 saturated carbocycles. The number of carbonyl (C=O) groups is 3. The summed E-state index contributed by atoms with van der Waals surface area (Å²) in [6.45, 7) is 20.1. The van der Waals surface area contributed by atoms with E-state index in [1.54, 1.807) is 47.6 Å². The molecular formula is C45H74O10. The molecule has 0 radical (unpaired) electrons. The number of allylic oxidation sites excluding steroid dienone is 4. The van der Waals surface area contributed by atoms with Crippen molar-refractivity contribution in [2.75, 3.05) is 0 Å². The fourth-order valence-electron chi connectivity index (χ4n) is 8.95. The number of ketones is 2. The number of rotatable bonds is 3. The van der Waals surface area contributed by atoms with E-state index in [1.165, 1.54) is 6.08 Å². The Hall–Kier alpha value is -2.21. The third kappa shape index (κ3) is 11.9. The summed E-state index contributed by atoms with van der Waals surface area (Å²) < 4.78 is 20.0. The first-order chi connectivity index (χ1) is 25.8. The van der Waals surface area contributed by atoms with Crippen molar-refractivity contribution >= 4 is 17.5 Å². The Morgan fingerprint density at radius 3 is 1.96 bits per heavy atom. The molecule has 10 heteroatoms. The first kappa shape index (κ1) is 47.2. The molecule has 3 aliphatic rings. The Morgan fingerprint density at radius 2 is 1.36 bits per heavy atom. The van der Waals surface area contributed by atoms with Crippen LogP contribution >= 0.6 is 0 Å². The van der Waals surface area contributed by atoms with Gasteiger partial charge in [0.25, 0.3) is 0 Å². The Labute approximate surface area is 331 Å². The van der Waals surface area contributed by atoms with Crippen LogP contribution in [0.25, 0.3) is 0 Å². The van der Waals surface area contributed by atoms with E-state index in [0.717, 1.165) is 25.7 Å². The van der Waals surface area contributed by atoms with Crippen LogP contribution in [0.1, 0.15) is 121 Å². The van der Waals surface area contributed by atoms with Gasteiger partial charge in [0.15, 0.2) is 5.79 Å². The zero-order valence-electron chi connectivity index (χ0n) is 35.5. The summed E-state index contributed by atoms with van der Waals surface area (Å²) in [5.74, 6) is -6.53. The monoisotopic (exact) mass is 775 g/mol. The lowest BCUT2D eigenvalue weighted by Crippen LogP contribution is -2.62. The predicted molar refractivity (Wildman–Crippen MR) is 213 cm³/mol. The maximum atomic E-state index is 13.5. The van der Waals surface area contributed by atoms with E-state index < -0.39 is 77.6 Å². The van der Waals surface area contributed by atoms with Crippen LogP contribution in [0.3, 0.4) is 0 Å². The normalized spacial score (nSPS) is 46.1. The minimum absolute atomic E-state index is 0.144. The number of hydrogen-bond acceptors (Lipinski definition) is 10. The molecule has 18 atom stereocenters. The molecule has 2 fully saturated rings. The van der Waals surface area contributed by atoms with Crippen LogP contribution in [-0.2, 0) is 28.6 Å². The molecule has 0 aromatic heterocycles. The SMILES string of the molecule is CC[C@@H]1/C=C\C=C\C[C@H](C)[C@@H](O)[C@@H](C)C(=O)[C@H](C)[C@@H](O)[C@H](C)C(=O)[C@H](C)[C@@H](O)[C@H](C)/C=C/C(=O)O[C@H]2[C@@H](C)[C@@H](CC1)O[C@@]1(CC[C@@H](C)[C@@H](C[C@H](C)O)O1)[C@@H]2C. The van der Waals surface area contributed by atoms with Gasteiger partial charge in [-0.2, -0.15) is 0 Å². The summed E-state index contributed by atoms with van der Waals surface area (Å²) in [5, 5.41) is 43.8. The average Bonchev–Trinajstić information content (AvgIpc) is 3.16. The molecule has 2 bridgehead atoms. The van der Waals surface area contributed by atoms with Gasteiger partial charge in [-0.3, -0.25) is 9.59 Å². The lowest BCUT2D eigenvalue weighted by molar-refractivity contribution is -0.371. The van der Waals surface area contributed by atoms with Gasteiger partial charge in [0, 0.05) is 53.9 Å². The first-order valence-corrected chi connectivity index (χ1v) is 21.1. The second-order valence-electron chi connectivity index (χ2n) is 17.7. The molecule has 3 rings (SSSR count). The summed E-state index contributed by atoms with van der Waals surface area (Å²) in [7, 11) is 0. The highest BCUT2D eigenvalue weighted by atomic mass is 16.7. The van der Waals surface area contributed by atoms with E-state index in [2.05, 4.69) is 26.8 Å². The van der Waals surface area contributed by atoms with Gasteiger partial charge in [-0.15, -0.1) is 0 Å². The molecule has 0 aromatic rings. The number of aliphatic hydroxyl groups excluding tert-OH is 4. The van der Waals surface area contributed by atoms with Crippen molar-refractivity contribution in [2.45, 2.75) is 170 Å². The van der Waals surface area contributed by atoms with E-state index in [4.69, 9.17) is 14.2 Å². The van der Waals surface area contributed by atoms with E-state index in [-0.39, 0.29) is 47.6 Å². The van der Waals surface area contributed by atoms with Crippen molar-refractivity contribution in [1.29, 1.82) is 0 Å². The molecule has 0 aromatic carbocycles. The molecule has 10 nitrogen and oxygen atoms in total. The van der Waals surface area contributed by atoms with E-state index >= 15 is 0 Å². The van der Waals surface area contributed by atoms with Crippen molar-refractivity contribution < 1.29 is 49.0 Å². The molecule has 1 spiro atoms. The lowest BCUT2D eigenvalue weighted by atomic mass is 9.74. The smallest absolute Gasteiger partial charge is 0.330 e. The van der Waals surface area contributed by atoms with Crippen molar-refractivity contribution in [3.63, 3.8) is 0 Å². The number of aliphatic hydroxyl groups is 4. The Balaban J connectivity index is 1.97. The highest BCUT2D eigenvalue weighted by molar-refractivity contribution is 5.87. The maximum Gasteiger partial charge on any atom is 0.330 e. The number of hydrogen-bond donors (Lipinski definition) is 4. The van der Waals surface area contributed by atoms with Gasteiger partial charge in [0.1, 0.15) is 17.7 Å². The standard InChI is InChI=1S/C45H74O10/c1-12-35-17-15-13-14-16-26(3)39(48)30(7)41(50)32(9)43(52)33(10)42(51)31(8)40(49)27(4)18-21-38(47)53-44-29(6)36(20-19-35)54-45(34(44)11)23-22-25(2)37(55-45)24-28(5)46/h13-15,17-18,21,25-37,39-40,43-44,46,48-49,52H,12,16,19-20,22-24H2,1-11H3/b14-13+,17-15-,21-18+/t25-,26+,27-,28+,29+,30-,31-,32+,33-,34-,35-,36-,37-,39-,40+,43-,44+,45-/m1/s1. The fraction of sp³-hybridized carbons (Fsp3) is 0.800. The van der Waals surface area contributed by atoms with Crippen molar-refractivity contribution in [2.24, 2.45) is 59.2 Å². The van der Waals surface area contributed by atoms with Gasteiger partial charge >= 0.3 is 5.97 Å². The van der Waals surface area contributed by atoms with Gasteiger partial charge in [0.2, 0.25) is 0 Å². The Kier molecular flexibility index (Phi) is 18.0. The molecule has 0 unspecified atom stereocenters. The molecule has 0 aliphatic carbocycles. The number of esters is 1. The molecular weight excluding hydrogens is 700 g/mol. The average molecular weight is 775 g/mol. The fourth-order valence-corrected chi connectivity index (χ4v) is 8.95. The molecule has 314 valence electrons. The quantitative estimate of drug-likeness (QED) is 0.226. The van der Waals surface area contributed by atoms with Crippen LogP contribution < -0.4 is 0 Å². The second-order valence-corrected chi connectivity index (χ2v) is 17.7. The summed E-state index contributed by atoms with van der Waals surface area (Å²) in [6, 6.07) is 0. The van der Waals surface area contributed by atoms with Gasteiger partial charge < -0.3 is 34.6 Å². The minimum atomic E-state index is -1.30. The van der Waals surface area contributed by atoms with Gasteiger partial charge in [-0.1, -0.05) is 99.6 Å². The first-order valence-electron chi connectivity index (χ1n) is 21.1. The topological polar surface area (TPSA) is 160 Å². The van der Waals surface area contributed by atoms with Crippen LogP contribution in [0.15, 0.2) is 36.5 Å². The summed E-state index contributed by atoms with van der Waals surface area (Å²) in [6.07, 6.45) is 11.1. The Morgan fingerprint density at radius 1 is 0.764 bits per heavy atom. The van der Waals surface area contributed by atoms with Gasteiger partial charge in [0.05, 0.1) is 36.6 Å². The largest absolute Gasteiger partial charge is 0.458 e.